The molecule has 0 bridgehead atoms. The highest BCUT2D eigenvalue weighted by atomic mass is 16.4. The number of amides is 3. The Morgan fingerprint density at radius 3 is 1.83 bits per heavy atom. The van der Waals surface area contributed by atoms with Crippen molar-refractivity contribution < 1.29 is 44.1 Å². The molecular formula is C23H32N4O9. The van der Waals surface area contributed by atoms with Gasteiger partial charge >= 0.3 is 17.9 Å². The van der Waals surface area contributed by atoms with Crippen LogP contribution < -0.4 is 21.7 Å². The lowest BCUT2D eigenvalue weighted by atomic mass is 9.96. The van der Waals surface area contributed by atoms with Crippen LogP contribution in [0, 0.1) is 5.92 Å². The molecule has 0 heterocycles. The van der Waals surface area contributed by atoms with Gasteiger partial charge in [-0.15, -0.1) is 0 Å². The van der Waals surface area contributed by atoms with Crippen LogP contribution in [0.3, 0.4) is 0 Å². The zero-order valence-electron chi connectivity index (χ0n) is 20.0. The van der Waals surface area contributed by atoms with Crippen LogP contribution in [-0.2, 0) is 35.2 Å². The summed E-state index contributed by atoms with van der Waals surface area (Å²) < 4.78 is 0. The molecule has 1 aromatic rings. The van der Waals surface area contributed by atoms with Crippen LogP contribution in [0.25, 0.3) is 0 Å². The number of carbonyl (C=O) groups is 6. The summed E-state index contributed by atoms with van der Waals surface area (Å²) in [5.41, 5.74) is 6.79. The summed E-state index contributed by atoms with van der Waals surface area (Å²) in [7, 11) is 0. The Morgan fingerprint density at radius 1 is 0.806 bits per heavy atom. The molecule has 0 fully saturated rings. The van der Waals surface area contributed by atoms with Gasteiger partial charge in [-0.1, -0.05) is 50.6 Å². The highest BCUT2D eigenvalue weighted by Crippen LogP contribution is 2.10. The molecule has 0 saturated carbocycles. The van der Waals surface area contributed by atoms with Crippen LogP contribution in [0.4, 0.5) is 0 Å². The molecule has 0 radical (unpaired) electrons. The minimum absolute atomic E-state index is 0.200. The fourth-order valence-corrected chi connectivity index (χ4v) is 3.22. The number of benzene rings is 1. The standard InChI is InChI=1S/C23H32N4O9/c1-3-12(2)19(27-20(32)14(24)9-13-7-5-4-6-8-13)22(34)25-15(10-17(28)29)21(33)26-16(23(35)36)11-18(30)31/h4-8,12,14-16,19H,3,9-11,24H2,1-2H3,(H,25,34)(H,26,33)(H,27,32)(H,28,29)(H,30,31)(H,35,36). The van der Waals surface area contributed by atoms with Crippen molar-refractivity contribution in [2.24, 2.45) is 11.7 Å². The SMILES string of the molecule is CCC(C)C(NC(=O)C(N)Cc1ccccc1)C(=O)NC(CC(=O)O)C(=O)NC(CC(=O)O)C(=O)O. The Kier molecular flexibility index (Phi) is 12.0. The van der Waals surface area contributed by atoms with E-state index in [0.29, 0.717) is 6.42 Å². The molecule has 13 nitrogen and oxygen atoms in total. The maximum Gasteiger partial charge on any atom is 0.326 e. The summed E-state index contributed by atoms with van der Waals surface area (Å²) in [6.45, 7) is 3.42. The van der Waals surface area contributed by atoms with Crippen molar-refractivity contribution in [2.75, 3.05) is 0 Å². The largest absolute Gasteiger partial charge is 0.481 e. The third-order valence-corrected chi connectivity index (χ3v) is 5.43. The van der Waals surface area contributed by atoms with Gasteiger partial charge in [0.1, 0.15) is 18.1 Å². The van der Waals surface area contributed by atoms with Crippen molar-refractivity contribution in [1.82, 2.24) is 16.0 Å². The molecule has 0 aliphatic heterocycles. The number of hydrogen-bond donors (Lipinski definition) is 7. The summed E-state index contributed by atoms with van der Waals surface area (Å²) in [6, 6.07) is 3.22. The first-order chi connectivity index (χ1) is 16.8. The normalized spacial score (nSPS) is 14.9. The zero-order valence-corrected chi connectivity index (χ0v) is 20.0. The molecule has 5 atom stereocenters. The van der Waals surface area contributed by atoms with E-state index in [4.69, 9.17) is 21.1 Å². The van der Waals surface area contributed by atoms with Gasteiger partial charge in [-0.3, -0.25) is 24.0 Å². The van der Waals surface area contributed by atoms with Gasteiger partial charge in [-0.25, -0.2) is 4.79 Å². The van der Waals surface area contributed by atoms with Crippen LogP contribution in [0.5, 0.6) is 0 Å². The molecule has 0 aliphatic carbocycles. The summed E-state index contributed by atoms with van der Waals surface area (Å²) in [4.78, 5) is 71.6. The Hall–Kier alpha value is -4.00. The van der Waals surface area contributed by atoms with Crippen LogP contribution in [0.2, 0.25) is 0 Å². The molecule has 1 aromatic carbocycles. The average Bonchev–Trinajstić information content (AvgIpc) is 2.80. The van der Waals surface area contributed by atoms with E-state index in [2.05, 4.69) is 10.6 Å². The van der Waals surface area contributed by atoms with E-state index < -0.39 is 78.6 Å². The summed E-state index contributed by atoms with van der Waals surface area (Å²) in [6.07, 6.45) is -1.24. The van der Waals surface area contributed by atoms with Crippen LogP contribution in [-0.4, -0.2) is 75.1 Å². The van der Waals surface area contributed by atoms with Crippen molar-refractivity contribution in [1.29, 1.82) is 0 Å². The minimum atomic E-state index is -1.84. The predicted octanol–water partition coefficient (Wildman–Crippen LogP) is -0.909. The van der Waals surface area contributed by atoms with Gasteiger partial charge in [0.15, 0.2) is 0 Å². The first-order valence-electron chi connectivity index (χ1n) is 11.2. The molecule has 36 heavy (non-hydrogen) atoms. The van der Waals surface area contributed by atoms with Crippen LogP contribution in [0.1, 0.15) is 38.7 Å². The van der Waals surface area contributed by atoms with E-state index in [-0.39, 0.29) is 6.42 Å². The fraction of sp³-hybridized carbons (Fsp3) is 0.478. The Balaban J connectivity index is 3.00. The number of carboxylic acid groups (broad SMARTS) is 3. The molecule has 8 N–H and O–H groups in total. The van der Waals surface area contributed by atoms with Gasteiger partial charge in [0, 0.05) is 0 Å². The number of hydrogen-bond acceptors (Lipinski definition) is 7. The van der Waals surface area contributed by atoms with Gasteiger partial charge in [-0.05, 0) is 17.9 Å². The second-order valence-electron chi connectivity index (χ2n) is 8.32. The molecule has 0 aromatic heterocycles. The average molecular weight is 509 g/mol. The maximum atomic E-state index is 13.0. The Bertz CT molecular complexity index is 954. The molecule has 1 rings (SSSR count). The number of carboxylic acids is 3. The monoisotopic (exact) mass is 508 g/mol. The van der Waals surface area contributed by atoms with Gasteiger partial charge in [-0.2, -0.15) is 0 Å². The van der Waals surface area contributed by atoms with Crippen molar-refractivity contribution in [2.45, 2.75) is 63.7 Å². The Morgan fingerprint density at radius 2 is 1.33 bits per heavy atom. The lowest BCUT2D eigenvalue weighted by Gasteiger charge is -2.27. The third kappa shape index (κ3) is 10.1. The fourth-order valence-electron chi connectivity index (χ4n) is 3.22. The van der Waals surface area contributed by atoms with Gasteiger partial charge < -0.3 is 37.0 Å². The lowest BCUT2D eigenvalue weighted by Crippen LogP contribution is -2.59. The van der Waals surface area contributed by atoms with Gasteiger partial charge in [0.05, 0.1) is 18.9 Å². The quantitative estimate of drug-likeness (QED) is 0.154. The predicted molar refractivity (Wildman–Crippen MR) is 126 cm³/mol. The molecule has 13 heteroatoms. The highest BCUT2D eigenvalue weighted by molar-refractivity contribution is 5.96. The van der Waals surface area contributed by atoms with E-state index in [1.807, 2.05) is 11.4 Å². The highest BCUT2D eigenvalue weighted by Gasteiger charge is 2.34. The second-order valence-corrected chi connectivity index (χ2v) is 8.32. The minimum Gasteiger partial charge on any atom is -0.481 e. The molecular weight excluding hydrogens is 476 g/mol. The number of nitrogens with one attached hydrogen (secondary N) is 3. The van der Waals surface area contributed by atoms with Crippen molar-refractivity contribution in [3.8, 4) is 0 Å². The molecule has 5 unspecified atom stereocenters. The molecule has 0 saturated heterocycles. The third-order valence-electron chi connectivity index (χ3n) is 5.43. The summed E-state index contributed by atoms with van der Waals surface area (Å²) >= 11 is 0. The molecule has 0 spiro atoms. The summed E-state index contributed by atoms with van der Waals surface area (Å²) in [5, 5.41) is 33.8. The van der Waals surface area contributed by atoms with Crippen molar-refractivity contribution >= 4 is 35.6 Å². The van der Waals surface area contributed by atoms with E-state index in [1.165, 1.54) is 0 Å². The van der Waals surface area contributed by atoms with E-state index in [9.17, 15) is 28.8 Å². The first kappa shape index (κ1) is 30.0. The first-order valence-corrected chi connectivity index (χ1v) is 11.2. The topological polar surface area (TPSA) is 225 Å². The van der Waals surface area contributed by atoms with Crippen LogP contribution in [0.15, 0.2) is 30.3 Å². The smallest absolute Gasteiger partial charge is 0.326 e. The number of nitrogens with two attached hydrogens (primary N) is 1. The van der Waals surface area contributed by atoms with Gasteiger partial charge in [0.25, 0.3) is 0 Å². The van der Waals surface area contributed by atoms with Crippen molar-refractivity contribution in [3.63, 3.8) is 0 Å². The Labute approximate surface area is 207 Å². The molecule has 198 valence electrons. The zero-order chi connectivity index (χ0) is 27.4. The van der Waals surface area contributed by atoms with E-state index in [1.54, 1.807) is 38.1 Å². The lowest BCUT2D eigenvalue weighted by molar-refractivity contribution is -0.148. The summed E-state index contributed by atoms with van der Waals surface area (Å²) in [5.74, 6) is -7.78. The number of rotatable bonds is 15. The molecule has 0 aliphatic rings. The van der Waals surface area contributed by atoms with Crippen molar-refractivity contribution in [3.05, 3.63) is 35.9 Å². The van der Waals surface area contributed by atoms with E-state index in [0.717, 1.165) is 5.56 Å². The molecule has 3 amide bonds. The maximum absolute atomic E-state index is 13.0. The van der Waals surface area contributed by atoms with Gasteiger partial charge in [0.2, 0.25) is 17.7 Å². The number of carbonyl (C=O) groups excluding carboxylic acids is 3. The van der Waals surface area contributed by atoms with E-state index >= 15 is 0 Å². The number of aliphatic carboxylic acids is 3. The van der Waals surface area contributed by atoms with Crippen LogP contribution >= 0.6 is 0 Å². The second kappa shape index (κ2) is 14.4.